The number of hydrogen-bond acceptors (Lipinski definition) is 2. The van der Waals surface area contributed by atoms with Gasteiger partial charge in [-0.1, -0.05) is 12.1 Å². The first-order valence-electron chi connectivity index (χ1n) is 3.04. The van der Waals surface area contributed by atoms with Crippen LogP contribution in [0.25, 0.3) is 0 Å². The first-order valence-corrected chi connectivity index (χ1v) is 3.04. The maximum Gasteiger partial charge on any atom is 2.00 e. The second kappa shape index (κ2) is 30.8. The number of halogens is 2. The molecule has 12 heteroatoms. The van der Waals surface area contributed by atoms with Gasteiger partial charge in [0.05, 0.1) is 17.2 Å². The third kappa shape index (κ3) is 17.0. The number of benzene rings is 1. The van der Waals surface area contributed by atoms with E-state index in [0.29, 0.717) is 5.56 Å². The summed E-state index contributed by atoms with van der Waals surface area (Å²) < 4.78 is 0. The third-order valence-electron chi connectivity index (χ3n) is 1.31. The van der Waals surface area contributed by atoms with Gasteiger partial charge in [-0.2, -0.15) is 5.26 Å². The number of carbonyl (C=O) groups excluding carboxylic acids is 1. The largest absolute Gasteiger partial charge is 2.00 e. The van der Waals surface area contributed by atoms with Crippen molar-refractivity contribution in [3.05, 3.63) is 35.4 Å². The van der Waals surface area contributed by atoms with Crippen LogP contribution in [0.1, 0.15) is 15.9 Å². The van der Waals surface area contributed by atoms with Gasteiger partial charge in [-0.15, -0.1) is 0 Å². The van der Waals surface area contributed by atoms with Crippen LogP contribution < -0.4 is 30.5 Å². The summed E-state index contributed by atoms with van der Waals surface area (Å²) in [5.74, 6) is -0.567. The molecule has 0 spiro atoms. The Hall–Kier alpha value is -0.974. The summed E-state index contributed by atoms with van der Waals surface area (Å²) in [6.45, 7) is 0. The number of carbonyl (C=O) groups is 1. The van der Waals surface area contributed by atoms with E-state index in [9.17, 15) is 4.79 Å². The monoisotopic (exact) mass is 383 g/mol. The Balaban J connectivity index is -0.0000000192. The maximum absolute atomic E-state index is 10.7. The summed E-state index contributed by atoms with van der Waals surface area (Å²) in [4.78, 5) is 10.7. The summed E-state index contributed by atoms with van der Waals surface area (Å²) in [6, 6.07) is 8.31. The van der Waals surface area contributed by atoms with Crippen LogP contribution in [-0.4, -0.2) is 38.8 Å². The van der Waals surface area contributed by atoms with Crippen molar-refractivity contribution < 1.29 is 79.2 Å². The number of rotatable bonds is 1. The average molecular weight is 384 g/mol. The standard InChI is InChI=1S/C8H6N2O.2ClH.Co.6H2O/c9-5-6-3-1-2-4-7(6)8(10)11;;;;;;;;;/h1-4H,(H2,10,11);2*1H;;6*1H2/q;;;+2;;;;;;/p-2. The van der Waals surface area contributed by atoms with Crippen molar-refractivity contribution in [2.75, 3.05) is 0 Å². The van der Waals surface area contributed by atoms with Crippen molar-refractivity contribution >= 4 is 5.91 Å². The van der Waals surface area contributed by atoms with E-state index in [4.69, 9.17) is 11.0 Å². The Morgan fingerprint density at radius 2 is 1.30 bits per heavy atom. The number of nitrogens with two attached hydrogens (primary N) is 1. The molecular formula is C8H18Cl2CoN2O7. The van der Waals surface area contributed by atoms with Gasteiger partial charge >= 0.3 is 16.8 Å². The van der Waals surface area contributed by atoms with E-state index >= 15 is 0 Å². The predicted octanol–water partition coefficient (Wildman–Crippen LogP) is -10.3. The van der Waals surface area contributed by atoms with Crippen LogP contribution in [0.2, 0.25) is 0 Å². The molecule has 1 rings (SSSR count). The minimum Gasteiger partial charge on any atom is -1.00 e. The van der Waals surface area contributed by atoms with Crippen LogP contribution in [0.3, 0.4) is 0 Å². The Bertz CT molecular complexity index is 352. The van der Waals surface area contributed by atoms with Crippen LogP contribution in [0.4, 0.5) is 0 Å². The number of amides is 1. The molecule has 125 valence electrons. The number of nitrogens with zero attached hydrogens (tertiary/aromatic N) is 1. The molecule has 0 atom stereocenters. The average Bonchev–Trinajstić information content (AvgIpc) is 2.04. The SMILES string of the molecule is N#Cc1ccccc1C(N)=O.O.O.O.O.O.O.[Cl-].[Cl-].[Co+2]. The van der Waals surface area contributed by atoms with Crippen molar-refractivity contribution in [1.29, 1.82) is 5.26 Å². The van der Waals surface area contributed by atoms with Gasteiger partial charge in [-0.05, 0) is 12.1 Å². The molecule has 1 radical (unpaired) electrons. The van der Waals surface area contributed by atoms with Crippen molar-refractivity contribution in [3.8, 4) is 6.07 Å². The van der Waals surface area contributed by atoms with E-state index in [0.717, 1.165) is 0 Å². The molecule has 1 aromatic carbocycles. The summed E-state index contributed by atoms with van der Waals surface area (Å²) in [5, 5.41) is 8.51. The minimum atomic E-state index is -0.567. The van der Waals surface area contributed by atoms with E-state index in [1.165, 1.54) is 6.07 Å². The molecule has 0 aliphatic heterocycles. The molecule has 20 heavy (non-hydrogen) atoms. The molecule has 0 bridgehead atoms. The van der Waals surface area contributed by atoms with Gasteiger partial charge in [-0.3, -0.25) is 4.79 Å². The Labute approximate surface area is 138 Å². The van der Waals surface area contributed by atoms with Gasteiger partial charge in [-0.25, -0.2) is 0 Å². The minimum absolute atomic E-state index is 0. The number of hydrogen-bond donors (Lipinski definition) is 1. The van der Waals surface area contributed by atoms with Crippen molar-refractivity contribution in [1.82, 2.24) is 0 Å². The van der Waals surface area contributed by atoms with Crippen LogP contribution in [0.15, 0.2) is 24.3 Å². The fraction of sp³-hybridized carbons (Fsp3) is 0. The second-order valence-corrected chi connectivity index (χ2v) is 2.02. The first kappa shape index (κ1) is 61.5. The number of primary amides is 1. The molecule has 0 aliphatic rings. The zero-order valence-corrected chi connectivity index (χ0v) is 12.4. The molecular weight excluding hydrogens is 366 g/mol. The maximum atomic E-state index is 10.7. The normalized spacial score (nSPS) is 4.75. The van der Waals surface area contributed by atoms with E-state index < -0.39 is 5.91 Å². The van der Waals surface area contributed by atoms with Crippen LogP contribution in [0.5, 0.6) is 0 Å². The molecule has 14 N–H and O–H groups in total. The van der Waals surface area contributed by atoms with Crippen LogP contribution in [0, 0.1) is 11.3 Å². The Morgan fingerprint density at radius 3 is 1.55 bits per heavy atom. The van der Waals surface area contributed by atoms with Crippen LogP contribution >= 0.6 is 0 Å². The van der Waals surface area contributed by atoms with Gasteiger partial charge < -0.3 is 63.4 Å². The summed E-state index contributed by atoms with van der Waals surface area (Å²) >= 11 is 0. The van der Waals surface area contributed by atoms with Gasteiger partial charge in [0.15, 0.2) is 0 Å². The number of nitriles is 1. The Morgan fingerprint density at radius 1 is 0.950 bits per heavy atom. The summed E-state index contributed by atoms with van der Waals surface area (Å²) in [6.07, 6.45) is 0. The fourth-order valence-corrected chi connectivity index (χ4v) is 0.795. The topological polar surface area (TPSA) is 256 Å². The van der Waals surface area contributed by atoms with E-state index in [-0.39, 0.29) is 80.0 Å². The summed E-state index contributed by atoms with van der Waals surface area (Å²) in [5.41, 5.74) is 5.59. The van der Waals surface area contributed by atoms with Gasteiger partial charge in [0, 0.05) is 0 Å². The molecule has 0 unspecified atom stereocenters. The van der Waals surface area contributed by atoms with Gasteiger partial charge in [0.2, 0.25) is 5.91 Å². The smallest absolute Gasteiger partial charge is 1.00 e. The first-order chi connectivity index (χ1) is 5.25. The van der Waals surface area contributed by atoms with Crippen molar-refractivity contribution in [2.24, 2.45) is 5.73 Å². The van der Waals surface area contributed by atoms with E-state index in [2.05, 4.69) is 0 Å². The molecule has 0 fully saturated rings. The zero-order valence-electron chi connectivity index (χ0n) is 9.83. The Kier molecular flexibility index (Phi) is 94.7. The molecule has 0 saturated carbocycles. The van der Waals surface area contributed by atoms with E-state index in [1.54, 1.807) is 18.2 Å². The molecule has 0 aromatic heterocycles. The predicted molar refractivity (Wildman–Crippen MR) is 61.4 cm³/mol. The van der Waals surface area contributed by atoms with Gasteiger partial charge in [0.25, 0.3) is 0 Å². The van der Waals surface area contributed by atoms with Crippen molar-refractivity contribution in [3.63, 3.8) is 0 Å². The molecule has 0 aliphatic carbocycles. The molecule has 9 nitrogen and oxygen atoms in total. The van der Waals surface area contributed by atoms with E-state index in [1.807, 2.05) is 6.07 Å². The quantitative estimate of drug-likeness (QED) is 0.494. The van der Waals surface area contributed by atoms with Crippen molar-refractivity contribution in [2.45, 2.75) is 0 Å². The fourth-order valence-electron chi connectivity index (χ4n) is 0.795. The molecule has 1 aromatic rings. The molecule has 0 saturated heterocycles. The zero-order chi connectivity index (χ0) is 8.27. The second-order valence-electron chi connectivity index (χ2n) is 2.02. The third-order valence-corrected chi connectivity index (χ3v) is 1.31. The van der Waals surface area contributed by atoms with Gasteiger partial charge in [0.1, 0.15) is 0 Å². The molecule has 0 heterocycles. The summed E-state index contributed by atoms with van der Waals surface area (Å²) in [7, 11) is 0. The van der Waals surface area contributed by atoms with Crippen LogP contribution in [-0.2, 0) is 16.8 Å². The molecule has 1 amide bonds.